The summed E-state index contributed by atoms with van der Waals surface area (Å²) < 4.78 is 47.2. The second-order valence-electron chi connectivity index (χ2n) is 6.66. The van der Waals surface area contributed by atoms with Crippen LogP contribution in [-0.2, 0) is 21.2 Å². The molecule has 0 bridgehead atoms. The molecule has 0 radical (unpaired) electrons. The first-order valence-corrected chi connectivity index (χ1v) is 11.1. The highest BCUT2D eigenvalue weighted by Crippen LogP contribution is 2.27. The maximum absolute atomic E-state index is 13.5. The topological polar surface area (TPSA) is 84.5 Å². The third-order valence-corrected chi connectivity index (χ3v) is 6.13. The van der Waals surface area contributed by atoms with E-state index in [-0.39, 0.29) is 27.8 Å². The molecule has 0 aliphatic heterocycles. The largest absolute Gasteiger partial charge is 0.495 e. The summed E-state index contributed by atoms with van der Waals surface area (Å²) in [5, 5.41) is 2.75. The summed E-state index contributed by atoms with van der Waals surface area (Å²) in [6.45, 7) is 0. The Balaban J connectivity index is 1.92. The summed E-state index contributed by atoms with van der Waals surface area (Å²) in [7, 11) is -2.85. The smallest absolute Gasteiger partial charge is 0.245 e. The first-order valence-electron chi connectivity index (χ1n) is 9.25. The quantitative estimate of drug-likeness (QED) is 0.529. The van der Waals surface area contributed by atoms with Crippen molar-refractivity contribution in [2.75, 3.05) is 12.4 Å². The zero-order valence-electron chi connectivity index (χ0n) is 16.5. The Kier molecular flexibility index (Phi) is 7.27. The molecule has 0 aliphatic rings. The fourth-order valence-electron chi connectivity index (χ4n) is 2.94. The van der Waals surface area contributed by atoms with E-state index in [9.17, 15) is 17.6 Å². The Labute approximate surface area is 185 Å². The van der Waals surface area contributed by atoms with Crippen molar-refractivity contribution in [1.82, 2.24) is 4.72 Å². The highest BCUT2D eigenvalue weighted by atomic mass is 35.5. The third kappa shape index (κ3) is 6.04. The molecular weight excluding hydrogens is 443 g/mol. The van der Waals surface area contributed by atoms with Gasteiger partial charge in [0.1, 0.15) is 22.5 Å². The number of ether oxygens (including phenoxy) is 1. The number of benzene rings is 3. The first kappa shape index (κ1) is 22.7. The average Bonchev–Trinajstić information content (AvgIpc) is 2.74. The second-order valence-corrected chi connectivity index (χ2v) is 8.78. The van der Waals surface area contributed by atoms with Crippen LogP contribution in [0.2, 0.25) is 5.02 Å². The number of amides is 1. The number of halogens is 2. The lowest BCUT2D eigenvalue weighted by Gasteiger charge is -2.20. The zero-order valence-corrected chi connectivity index (χ0v) is 18.1. The Morgan fingerprint density at radius 3 is 2.48 bits per heavy atom. The van der Waals surface area contributed by atoms with Gasteiger partial charge in [-0.05, 0) is 48.4 Å². The van der Waals surface area contributed by atoms with Crippen LogP contribution in [0.1, 0.15) is 5.56 Å². The highest BCUT2D eigenvalue weighted by molar-refractivity contribution is 7.89. The number of hydrogen-bond donors (Lipinski definition) is 2. The Hall–Kier alpha value is -2.94. The zero-order chi connectivity index (χ0) is 22.4. The van der Waals surface area contributed by atoms with Gasteiger partial charge in [-0.15, -0.1) is 0 Å². The van der Waals surface area contributed by atoms with Gasteiger partial charge in [-0.1, -0.05) is 48.0 Å². The number of nitrogens with one attached hydrogen (secondary N) is 2. The number of sulfonamides is 1. The molecule has 1 amide bonds. The number of anilines is 1. The molecule has 1 atom stereocenters. The van der Waals surface area contributed by atoms with E-state index in [1.54, 1.807) is 24.3 Å². The van der Waals surface area contributed by atoms with Crippen LogP contribution in [0.5, 0.6) is 5.75 Å². The van der Waals surface area contributed by atoms with Crippen molar-refractivity contribution in [3.8, 4) is 5.75 Å². The van der Waals surface area contributed by atoms with Crippen LogP contribution in [0.3, 0.4) is 0 Å². The molecule has 0 saturated heterocycles. The van der Waals surface area contributed by atoms with Crippen molar-refractivity contribution in [3.05, 3.63) is 89.2 Å². The van der Waals surface area contributed by atoms with Gasteiger partial charge >= 0.3 is 0 Å². The number of methoxy groups -OCH3 is 1. The van der Waals surface area contributed by atoms with E-state index in [2.05, 4.69) is 10.0 Å². The summed E-state index contributed by atoms with van der Waals surface area (Å²) in [6.07, 6.45) is 0.0735. The van der Waals surface area contributed by atoms with Crippen LogP contribution >= 0.6 is 11.6 Å². The summed E-state index contributed by atoms with van der Waals surface area (Å²) in [5.41, 5.74) is 0.949. The fraction of sp³-hybridized carbons (Fsp3) is 0.136. The number of carbonyl (C=O) groups excluding carboxylic acids is 1. The molecule has 0 spiro atoms. The van der Waals surface area contributed by atoms with E-state index < -0.39 is 27.8 Å². The molecule has 3 aromatic carbocycles. The fourth-order valence-corrected chi connectivity index (χ4v) is 4.57. The molecule has 0 heterocycles. The Morgan fingerprint density at radius 1 is 1.06 bits per heavy atom. The monoisotopic (exact) mass is 462 g/mol. The second kappa shape index (κ2) is 9.91. The van der Waals surface area contributed by atoms with Gasteiger partial charge < -0.3 is 10.1 Å². The minimum absolute atomic E-state index is 0.0735. The third-order valence-electron chi connectivity index (χ3n) is 4.40. The molecule has 0 fully saturated rings. The molecule has 0 aromatic heterocycles. The van der Waals surface area contributed by atoms with Crippen LogP contribution < -0.4 is 14.8 Å². The van der Waals surface area contributed by atoms with Crippen molar-refractivity contribution < 1.29 is 22.3 Å². The molecule has 6 nitrogen and oxygen atoms in total. The van der Waals surface area contributed by atoms with E-state index in [4.69, 9.17) is 16.3 Å². The maximum Gasteiger partial charge on any atom is 0.245 e. The average molecular weight is 463 g/mol. The maximum atomic E-state index is 13.5. The van der Waals surface area contributed by atoms with Crippen LogP contribution in [0.15, 0.2) is 77.7 Å². The standard InChI is InChI=1S/C22H20ClFN2O4S/c1-30-20-11-10-16(23)13-21(20)31(28,29)26-19(12-15-6-3-2-4-7-15)22(27)25-18-9-5-8-17(24)14-18/h2-11,13-14,19,26H,12H2,1H3,(H,25,27)/t19-/m0/s1. The molecule has 2 N–H and O–H groups in total. The predicted octanol–water partition coefficient (Wildman–Crippen LogP) is 4.02. The summed E-state index contributed by atoms with van der Waals surface area (Å²) in [5.74, 6) is -1.08. The lowest BCUT2D eigenvalue weighted by atomic mass is 10.1. The lowest BCUT2D eigenvalue weighted by molar-refractivity contribution is -0.117. The lowest BCUT2D eigenvalue weighted by Crippen LogP contribution is -2.45. The van der Waals surface area contributed by atoms with E-state index in [1.807, 2.05) is 6.07 Å². The molecule has 0 unspecified atom stereocenters. The number of carbonyl (C=O) groups is 1. The molecule has 0 aliphatic carbocycles. The van der Waals surface area contributed by atoms with Crippen molar-refractivity contribution in [3.63, 3.8) is 0 Å². The summed E-state index contributed by atoms with van der Waals surface area (Å²) in [4.78, 5) is 12.7. The van der Waals surface area contributed by atoms with Crippen LogP contribution in [0.25, 0.3) is 0 Å². The van der Waals surface area contributed by atoms with E-state index in [1.165, 1.54) is 43.5 Å². The van der Waals surface area contributed by atoms with Gasteiger partial charge in [0.2, 0.25) is 15.9 Å². The SMILES string of the molecule is COc1ccc(Cl)cc1S(=O)(=O)N[C@@H](Cc1ccccc1)C(=O)Nc1cccc(F)c1. The van der Waals surface area contributed by atoms with Crippen LogP contribution in [0.4, 0.5) is 10.1 Å². The van der Waals surface area contributed by atoms with Gasteiger partial charge in [0.05, 0.1) is 7.11 Å². The molecule has 3 rings (SSSR count). The van der Waals surface area contributed by atoms with E-state index in [0.717, 1.165) is 11.6 Å². The highest BCUT2D eigenvalue weighted by Gasteiger charge is 2.28. The molecule has 162 valence electrons. The van der Waals surface area contributed by atoms with Gasteiger partial charge in [0.15, 0.2) is 0 Å². The normalized spacial score (nSPS) is 12.2. The molecule has 31 heavy (non-hydrogen) atoms. The van der Waals surface area contributed by atoms with Gasteiger partial charge in [-0.25, -0.2) is 12.8 Å². The van der Waals surface area contributed by atoms with Gasteiger partial charge in [-0.2, -0.15) is 4.72 Å². The summed E-state index contributed by atoms with van der Waals surface area (Å²) in [6, 6.07) is 17.3. The Bertz CT molecular complexity index is 1170. The predicted molar refractivity (Wildman–Crippen MR) is 117 cm³/mol. The molecule has 3 aromatic rings. The van der Waals surface area contributed by atoms with Crippen LogP contribution in [0, 0.1) is 5.82 Å². The van der Waals surface area contributed by atoms with Crippen molar-refractivity contribution in [2.24, 2.45) is 0 Å². The van der Waals surface area contributed by atoms with Crippen molar-refractivity contribution in [1.29, 1.82) is 0 Å². The van der Waals surface area contributed by atoms with Crippen LogP contribution in [-0.4, -0.2) is 27.5 Å². The van der Waals surface area contributed by atoms with E-state index >= 15 is 0 Å². The summed E-state index contributed by atoms with van der Waals surface area (Å²) >= 11 is 5.97. The molecular formula is C22H20ClFN2O4S. The van der Waals surface area contributed by atoms with Crippen molar-refractivity contribution >= 4 is 33.2 Å². The van der Waals surface area contributed by atoms with E-state index in [0.29, 0.717) is 0 Å². The van der Waals surface area contributed by atoms with Crippen molar-refractivity contribution in [2.45, 2.75) is 17.4 Å². The number of hydrogen-bond acceptors (Lipinski definition) is 4. The van der Waals surface area contributed by atoms with Gasteiger partial charge in [0.25, 0.3) is 0 Å². The molecule has 9 heteroatoms. The molecule has 0 saturated carbocycles. The minimum atomic E-state index is -4.18. The van der Waals surface area contributed by atoms with Gasteiger partial charge in [0, 0.05) is 10.7 Å². The number of rotatable bonds is 8. The minimum Gasteiger partial charge on any atom is -0.495 e. The van der Waals surface area contributed by atoms with Gasteiger partial charge in [-0.3, -0.25) is 4.79 Å². The Morgan fingerprint density at radius 2 is 1.81 bits per heavy atom. The first-order chi connectivity index (χ1) is 14.8.